The minimum atomic E-state index is 0.0794. The van der Waals surface area contributed by atoms with Gasteiger partial charge in [-0.3, -0.25) is 4.79 Å². The molecule has 0 radical (unpaired) electrons. The van der Waals surface area contributed by atoms with Crippen LogP contribution in [0.1, 0.15) is 22.8 Å². The minimum Gasteiger partial charge on any atom is -0.467 e. The molecule has 0 atom stereocenters. The lowest BCUT2D eigenvalue weighted by Crippen LogP contribution is -2.05. The normalized spacial score (nSPS) is 10.2. The number of benzene rings is 1. The van der Waals surface area contributed by atoms with Crippen LogP contribution in [0.3, 0.4) is 0 Å². The van der Waals surface area contributed by atoms with Gasteiger partial charge in [0.15, 0.2) is 19.9 Å². The van der Waals surface area contributed by atoms with Gasteiger partial charge in [0.2, 0.25) is 0 Å². The molecule has 0 aliphatic heterocycles. The molecule has 0 spiro atoms. The van der Waals surface area contributed by atoms with E-state index in [0.717, 1.165) is 18.3 Å². The average molecular weight is 254 g/mol. The van der Waals surface area contributed by atoms with Crippen LogP contribution < -0.4 is 9.47 Å². The van der Waals surface area contributed by atoms with Crippen molar-refractivity contribution >= 4 is 6.29 Å². The van der Waals surface area contributed by atoms with Crippen LogP contribution >= 0.6 is 0 Å². The summed E-state index contributed by atoms with van der Waals surface area (Å²) in [6.07, 6.45) is 1.51. The van der Waals surface area contributed by atoms with E-state index in [1.54, 1.807) is 19.2 Å². The molecule has 1 aromatic carbocycles. The molecule has 1 rings (SSSR count). The molecule has 0 amide bonds. The lowest BCUT2D eigenvalue weighted by molar-refractivity contribution is 0.0453. The van der Waals surface area contributed by atoms with Crippen LogP contribution in [0.15, 0.2) is 12.1 Å². The fraction of sp³-hybridized carbons (Fsp3) is 0.462. The molecule has 0 unspecified atom stereocenters. The summed E-state index contributed by atoms with van der Waals surface area (Å²) in [6, 6.07) is 3.43. The smallest absolute Gasteiger partial charge is 0.188 e. The molecule has 1 aromatic rings. The van der Waals surface area contributed by atoms with E-state index in [2.05, 4.69) is 0 Å². The van der Waals surface area contributed by atoms with E-state index in [9.17, 15) is 4.79 Å². The van der Waals surface area contributed by atoms with Gasteiger partial charge in [0.25, 0.3) is 0 Å². The van der Waals surface area contributed by atoms with Crippen LogP contribution in [-0.4, -0.2) is 34.1 Å². The van der Waals surface area contributed by atoms with Gasteiger partial charge in [-0.1, -0.05) is 6.92 Å². The molecular weight excluding hydrogens is 236 g/mol. The molecule has 0 saturated carbocycles. The van der Waals surface area contributed by atoms with E-state index >= 15 is 0 Å². The molecule has 18 heavy (non-hydrogen) atoms. The van der Waals surface area contributed by atoms with Crippen LogP contribution in [0.5, 0.6) is 11.5 Å². The number of carbonyl (C=O) groups excluding carboxylic acids is 1. The van der Waals surface area contributed by atoms with E-state index in [1.807, 2.05) is 6.92 Å². The van der Waals surface area contributed by atoms with Crippen molar-refractivity contribution in [3.8, 4) is 11.5 Å². The zero-order valence-electron chi connectivity index (χ0n) is 10.9. The summed E-state index contributed by atoms with van der Waals surface area (Å²) >= 11 is 0. The third-order valence-electron chi connectivity index (χ3n) is 2.37. The Kier molecular flexibility index (Phi) is 6.18. The number of hydrogen-bond donors (Lipinski definition) is 0. The Morgan fingerprint density at radius 1 is 1.06 bits per heavy atom. The van der Waals surface area contributed by atoms with Crippen molar-refractivity contribution in [2.45, 2.75) is 13.3 Å². The number of aryl methyl sites for hydroxylation is 1. The van der Waals surface area contributed by atoms with Crippen LogP contribution in [0.25, 0.3) is 0 Å². The van der Waals surface area contributed by atoms with Crippen LogP contribution in [0.4, 0.5) is 0 Å². The maximum atomic E-state index is 11.0. The Bertz CT molecular complexity index is 389. The number of ether oxygens (including phenoxy) is 4. The summed E-state index contributed by atoms with van der Waals surface area (Å²) < 4.78 is 20.4. The fourth-order valence-electron chi connectivity index (χ4n) is 1.50. The zero-order chi connectivity index (χ0) is 13.4. The molecule has 0 aromatic heterocycles. The van der Waals surface area contributed by atoms with Gasteiger partial charge in [0.1, 0.15) is 11.5 Å². The Hall–Kier alpha value is -1.59. The highest BCUT2D eigenvalue weighted by atomic mass is 16.7. The zero-order valence-corrected chi connectivity index (χ0v) is 10.9. The minimum absolute atomic E-state index is 0.0794. The molecular formula is C13H18O5. The maximum absolute atomic E-state index is 11.0. The lowest BCUT2D eigenvalue weighted by Gasteiger charge is -2.14. The second-order valence-corrected chi connectivity index (χ2v) is 3.57. The third-order valence-corrected chi connectivity index (χ3v) is 2.37. The van der Waals surface area contributed by atoms with Crippen molar-refractivity contribution in [1.82, 2.24) is 0 Å². The highest BCUT2D eigenvalue weighted by Crippen LogP contribution is 2.29. The monoisotopic (exact) mass is 254 g/mol. The van der Waals surface area contributed by atoms with Crippen molar-refractivity contribution in [2.24, 2.45) is 0 Å². The Morgan fingerprint density at radius 3 is 2.17 bits per heavy atom. The number of carbonyl (C=O) groups is 1. The number of aldehydes is 1. The molecule has 0 fully saturated rings. The fourth-order valence-corrected chi connectivity index (χ4v) is 1.50. The molecule has 5 heteroatoms. The first-order valence-electron chi connectivity index (χ1n) is 5.62. The number of rotatable bonds is 8. The topological polar surface area (TPSA) is 54.0 Å². The second-order valence-electron chi connectivity index (χ2n) is 3.57. The number of methoxy groups -OCH3 is 2. The Balaban J connectivity index is 3.03. The molecule has 0 bridgehead atoms. The van der Waals surface area contributed by atoms with E-state index < -0.39 is 0 Å². The highest BCUT2D eigenvalue weighted by Gasteiger charge is 2.11. The number of hydrogen-bond acceptors (Lipinski definition) is 5. The van der Waals surface area contributed by atoms with Crippen LogP contribution in [-0.2, 0) is 15.9 Å². The Labute approximate surface area is 107 Å². The first-order valence-corrected chi connectivity index (χ1v) is 5.62. The van der Waals surface area contributed by atoms with E-state index in [-0.39, 0.29) is 13.6 Å². The summed E-state index contributed by atoms with van der Waals surface area (Å²) in [5, 5.41) is 0. The summed E-state index contributed by atoms with van der Waals surface area (Å²) in [6.45, 7) is 2.21. The van der Waals surface area contributed by atoms with Crippen molar-refractivity contribution < 1.29 is 23.7 Å². The van der Waals surface area contributed by atoms with Crippen molar-refractivity contribution in [3.05, 3.63) is 23.3 Å². The van der Waals surface area contributed by atoms with Crippen molar-refractivity contribution in [1.29, 1.82) is 0 Å². The van der Waals surface area contributed by atoms with Crippen molar-refractivity contribution in [2.75, 3.05) is 27.8 Å². The first-order chi connectivity index (χ1) is 8.76. The summed E-state index contributed by atoms with van der Waals surface area (Å²) in [5.74, 6) is 1.09. The third kappa shape index (κ3) is 3.72. The van der Waals surface area contributed by atoms with E-state index in [1.165, 1.54) is 7.11 Å². The quantitative estimate of drug-likeness (QED) is 0.525. The van der Waals surface area contributed by atoms with Gasteiger partial charge in [-0.25, -0.2) is 0 Å². The first kappa shape index (κ1) is 14.5. The Morgan fingerprint density at radius 2 is 1.67 bits per heavy atom. The summed E-state index contributed by atoms with van der Waals surface area (Å²) in [4.78, 5) is 11.0. The predicted octanol–water partition coefficient (Wildman–Crippen LogP) is 2.03. The maximum Gasteiger partial charge on any atom is 0.188 e. The van der Waals surface area contributed by atoms with E-state index in [4.69, 9.17) is 18.9 Å². The van der Waals surface area contributed by atoms with E-state index in [0.29, 0.717) is 17.1 Å². The summed E-state index contributed by atoms with van der Waals surface area (Å²) in [5.41, 5.74) is 1.41. The second kappa shape index (κ2) is 7.68. The highest BCUT2D eigenvalue weighted by molar-refractivity contribution is 5.80. The predicted molar refractivity (Wildman–Crippen MR) is 66.2 cm³/mol. The van der Waals surface area contributed by atoms with Crippen LogP contribution in [0.2, 0.25) is 0 Å². The molecule has 0 N–H and O–H groups in total. The largest absolute Gasteiger partial charge is 0.467 e. The average Bonchev–Trinajstić information content (AvgIpc) is 2.42. The van der Waals surface area contributed by atoms with Gasteiger partial charge in [-0.2, -0.15) is 0 Å². The SMILES string of the molecule is CCc1cc(C=O)c(OCOC)cc1OCOC. The van der Waals surface area contributed by atoms with Gasteiger partial charge in [0, 0.05) is 20.3 Å². The molecule has 0 heterocycles. The van der Waals surface area contributed by atoms with Crippen LogP contribution in [0, 0.1) is 0 Å². The molecule has 0 aliphatic carbocycles. The molecule has 5 nitrogen and oxygen atoms in total. The van der Waals surface area contributed by atoms with Gasteiger partial charge in [0.05, 0.1) is 5.56 Å². The summed E-state index contributed by atoms with van der Waals surface area (Å²) in [7, 11) is 3.07. The standard InChI is InChI=1S/C13H18O5/c1-4-10-5-11(7-14)13(18-9-16-3)6-12(10)17-8-15-2/h5-7H,4,8-9H2,1-3H3. The lowest BCUT2D eigenvalue weighted by atomic mass is 10.1. The molecule has 100 valence electrons. The molecule has 0 saturated heterocycles. The van der Waals surface area contributed by atoms with Gasteiger partial charge in [-0.05, 0) is 18.1 Å². The van der Waals surface area contributed by atoms with Gasteiger partial charge >= 0.3 is 0 Å². The van der Waals surface area contributed by atoms with Gasteiger partial charge < -0.3 is 18.9 Å². The molecule has 0 aliphatic rings. The van der Waals surface area contributed by atoms with Gasteiger partial charge in [-0.15, -0.1) is 0 Å². The van der Waals surface area contributed by atoms with Crippen molar-refractivity contribution in [3.63, 3.8) is 0 Å².